The molecular weight excluding hydrogens is 246 g/mol. The van der Waals surface area contributed by atoms with E-state index in [-0.39, 0.29) is 0 Å². The number of aromatic nitrogens is 2. The summed E-state index contributed by atoms with van der Waals surface area (Å²) in [5.41, 5.74) is 5.62. The molecule has 2 aromatic rings. The van der Waals surface area contributed by atoms with Crippen LogP contribution in [0.5, 0.6) is 0 Å². The molecule has 0 aliphatic heterocycles. The SMILES string of the molecule is CCCn1cc(CNc2cccc3c2CCCC3)cn1. The summed E-state index contributed by atoms with van der Waals surface area (Å²) < 4.78 is 2.03. The van der Waals surface area contributed by atoms with Crippen LogP contribution in [-0.4, -0.2) is 9.78 Å². The lowest BCUT2D eigenvalue weighted by Crippen LogP contribution is -2.08. The predicted octanol–water partition coefficient (Wildman–Crippen LogP) is 3.78. The van der Waals surface area contributed by atoms with E-state index in [2.05, 4.69) is 41.7 Å². The zero-order chi connectivity index (χ0) is 13.8. The van der Waals surface area contributed by atoms with Gasteiger partial charge in [0.2, 0.25) is 0 Å². The van der Waals surface area contributed by atoms with Crippen molar-refractivity contribution < 1.29 is 0 Å². The van der Waals surface area contributed by atoms with E-state index in [0.29, 0.717) is 0 Å². The summed E-state index contributed by atoms with van der Waals surface area (Å²) in [6.07, 6.45) is 10.3. The van der Waals surface area contributed by atoms with Crippen LogP contribution in [0.3, 0.4) is 0 Å². The van der Waals surface area contributed by atoms with Crippen LogP contribution in [-0.2, 0) is 25.9 Å². The molecule has 1 aliphatic carbocycles. The molecule has 1 heterocycles. The quantitative estimate of drug-likeness (QED) is 0.895. The Bertz CT molecular complexity index is 571. The lowest BCUT2D eigenvalue weighted by molar-refractivity contribution is 0.602. The minimum Gasteiger partial charge on any atom is -0.381 e. The second kappa shape index (κ2) is 6.12. The van der Waals surface area contributed by atoms with Crippen molar-refractivity contribution in [1.82, 2.24) is 9.78 Å². The number of nitrogens with one attached hydrogen (secondary N) is 1. The first-order valence-electron chi connectivity index (χ1n) is 7.73. The molecule has 106 valence electrons. The summed E-state index contributed by atoms with van der Waals surface area (Å²) in [5.74, 6) is 0. The molecule has 20 heavy (non-hydrogen) atoms. The fraction of sp³-hybridized carbons (Fsp3) is 0.471. The van der Waals surface area contributed by atoms with Gasteiger partial charge in [-0.05, 0) is 49.3 Å². The van der Waals surface area contributed by atoms with Gasteiger partial charge in [0, 0.05) is 30.5 Å². The molecule has 0 saturated carbocycles. The van der Waals surface area contributed by atoms with Crippen molar-refractivity contribution in [3.63, 3.8) is 0 Å². The maximum absolute atomic E-state index is 4.38. The van der Waals surface area contributed by atoms with Gasteiger partial charge in [0.1, 0.15) is 0 Å². The van der Waals surface area contributed by atoms with Crippen LogP contribution in [0.25, 0.3) is 0 Å². The molecule has 0 fully saturated rings. The summed E-state index contributed by atoms with van der Waals surface area (Å²) in [7, 11) is 0. The van der Waals surface area contributed by atoms with Crippen LogP contribution in [0.4, 0.5) is 5.69 Å². The summed E-state index contributed by atoms with van der Waals surface area (Å²) in [6.45, 7) is 4.04. The van der Waals surface area contributed by atoms with E-state index in [1.165, 1.54) is 48.1 Å². The van der Waals surface area contributed by atoms with Crippen LogP contribution >= 0.6 is 0 Å². The number of anilines is 1. The molecule has 0 atom stereocenters. The Morgan fingerprint density at radius 2 is 2.15 bits per heavy atom. The average Bonchev–Trinajstić information content (AvgIpc) is 2.93. The Morgan fingerprint density at radius 1 is 1.25 bits per heavy atom. The molecule has 1 N–H and O–H groups in total. The van der Waals surface area contributed by atoms with E-state index in [9.17, 15) is 0 Å². The summed E-state index contributed by atoms with van der Waals surface area (Å²) >= 11 is 0. The predicted molar refractivity (Wildman–Crippen MR) is 82.9 cm³/mol. The number of rotatable bonds is 5. The maximum atomic E-state index is 4.38. The molecule has 1 aromatic carbocycles. The Morgan fingerprint density at radius 3 is 3.05 bits per heavy atom. The van der Waals surface area contributed by atoms with Crippen LogP contribution in [0, 0.1) is 0 Å². The molecule has 1 aromatic heterocycles. The van der Waals surface area contributed by atoms with Crippen molar-refractivity contribution in [2.75, 3.05) is 5.32 Å². The molecule has 0 saturated heterocycles. The average molecular weight is 269 g/mol. The van der Waals surface area contributed by atoms with Crippen molar-refractivity contribution in [2.45, 2.75) is 52.1 Å². The van der Waals surface area contributed by atoms with Crippen molar-refractivity contribution in [3.8, 4) is 0 Å². The number of fused-ring (bicyclic) bond motifs is 1. The van der Waals surface area contributed by atoms with E-state index in [1.54, 1.807) is 0 Å². The molecule has 0 spiro atoms. The highest BCUT2D eigenvalue weighted by molar-refractivity contribution is 5.55. The molecule has 0 bridgehead atoms. The normalized spacial score (nSPS) is 14.1. The zero-order valence-corrected chi connectivity index (χ0v) is 12.2. The van der Waals surface area contributed by atoms with E-state index in [0.717, 1.165) is 19.5 Å². The largest absolute Gasteiger partial charge is 0.381 e. The van der Waals surface area contributed by atoms with E-state index in [4.69, 9.17) is 0 Å². The molecule has 3 rings (SSSR count). The molecule has 3 heteroatoms. The van der Waals surface area contributed by atoms with Gasteiger partial charge in [-0.15, -0.1) is 0 Å². The van der Waals surface area contributed by atoms with Gasteiger partial charge in [-0.25, -0.2) is 0 Å². The third-order valence-electron chi connectivity index (χ3n) is 4.02. The van der Waals surface area contributed by atoms with E-state index >= 15 is 0 Å². The molecule has 0 radical (unpaired) electrons. The van der Waals surface area contributed by atoms with Crippen molar-refractivity contribution in [2.24, 2.45) is 0 Å². The Balaban J connectivity index is 1.68. The molecule has 0 amide bonds. The number of hydrogen-bond donors (Lipinski definition) is 1. The monoisotopic (exact) mass is 269 g/mol. The number of hydrogen-bond acceptors (Lipinski definition) is 2. The summed E-state index contributed by atoms with van der Waals surface area (Å²) in [4.78, 5) is 0. The fourth-order valence-electron chi connectivity index (χ4n) is 2.99. The summed E-state index contributed by atoms with van der Waals surface area (Å²) in [6, 6.07) is 6.66. The van der Waals surface area contributed by atoms with Crippen molar-refractivity contribution >= 4 is 5.69 Å². The second-order valence-electron chi connectivity index (χ2n) is 5.62. The topological polar surface area (TPSA) is 29.9 Å². The van der Waals surface area contributed by atoms with Crippen LogP contribution in [0.1, 0.15) is 42.9 Å². The highest BCUT2D eigenvalue weighted by Crippen LogP contribution is 2.28. The Kier molecular flexibility index (Phi) is 4.05. The second-order valence-corrected chi connectivity index (χ2v) is 5.62. The Hall–Kier alpha value is -1.77. The highest BCUT2D eigenvalue weighted by Gasteiger charge is 2.12. The van der Waals surface area contributed by atoms with Gasteiger partial charge in [0.15, 0.2) is 0 Å². The molecule has 0 unspecified atom stereocenters. The van der Waals surface area contributed by atoms with Gasteiger partial charge in [-0.2, -0.15) is 5.10 Å². The standard InChI is InChI=1S/C17H23N3/c1-2-10-20-13-14(12-19-20)11-18-17-9-5-7-15-6-3-4-8-16(15)17/h5,7,9,12-13,18H,2-4,6,8,10-11H2,1H3. The molecular formula is C17H23N3. The first kappa shape index (κ1) is 13.2. The van der Waals surface area contributed by atoms with Gasteiger partial charge < -0.3 is 5.32 Å². The minimum atomic E-state index is 0.861. The lowest BCUT2D eigenvalue weighted by Gasteiger charge is -2.19. The highest BCUT2D eigenvalue weighted by atomic mass is 15.3. The number of nitrogens with zero attached hydrogens (tertiary/aromatic N) is 2. The van der Waals surface area contributed by atoms with Crippen LogP contribution in [0.2, 0.25) is 0 Å². The first-order chi connectivity index (χ1) is 9.86. The van der Waals surface area contributed by atoms with Gasteiger partial charge >= 0.3 is 0 Å². The van der Waals surface area contributed by atoms with Gasteiger partial charge in [0.05, 0.1) is 6.20 Å². The van der Waals surface area contributed by atoms with Gasteiger partial charge in [0.25, 0.3) is 0 Å². The molecule has 3 nitrogen and oxygen atoms in total. The minimum absolute atomic E-state index is 0.861. The van der Waals surface area contributed by atoms with Crippen LogP contribution in [0.15, 0.2) is 30.6 Å². The first-order valence-corrected chi connectivity index (χ1v) is 7.73. The fourth-order valence-corrected chi connectivity index (χ4v) is 2.99. The zero-order valence-electron chi connectivity index (χ0n) is 12.2. The van der Waals surface area contributed by atoms with E-state index in [1.807, 2.05) is 10.9 Å². The number of benzene rings is 1. The Labute approximate surface area is 121 Å². The van der Waals surface area contributed by atoms with Crippen LogP contribution < -0.4 is 5.32 Å². The third-order valence-corrected chi connectivity index (χ3v) is 4.02. The van der Waals surface area contributed by atoms with E-state index < -0.39 is 0 Å². The number of aryl methyl sites for hydroxylation is 2. The van der Waals surface area contributed by atoms with Gasteiger partial charge in [-0.1, -0.05) is 19.1 Å². The van der Waals surface area contributed by atoms with Crippen molar-refractivity contribution in [3.05, 3.63) is 47.3 Å². The third kappa shape index (κ3) is 2.87. The maximum Gasteiger partial charge on any atom is 0.0539 e. The smallest absolute Gasteiger partial charge is 0.0539 e. The van der Waals surface area contributed by atoms with Gasteiger partial charge in [-0.3, -0.25) is 4.68 Å². The summed E-state index contributed by atoms with van der Waals surface area (Å²) in [5, 5.41) is 7.97. The lowest BCUT2D eigenvalue weighted by atomic mass is 9.90. The molecule has 1 aliphatic rings. The van der Waals surface area contributed by atoms with Crippen molar-refractivity contribution in [1.29, 1.82) is 0 Å².